The molecule has 3 N–H and O–H groups in total. The average molecular weight is 473 g/mol. The van der Waals surface area contributed by atoms with E-state index in [2.05, 4.69) is 10.4 Å². The largest absolute Gasteiger partial charge is 0.493 e. The molecule has 33 heavy (non-hydrogen) atoms. The number of hydrogen-bond donors (Lipinski definition) is 2. The van der Waals surface area contributed by atoms with Gasteiger partial charge in [0.1, 0.15) is 0 Å². The highest BCUT2D eigenvalue weighted by Crippen LogP contribution is 2.31. The molecule has 11 heteroatoms. The number of ether oxygens (including phenoxy) is 2. The van der Waals surface area contributed by atoms with E-state index in [-0.39, 0.29) is 29.3 Å². The first-order valence-electron chi connectivity index (χ1n) is 9.94. The summed E-state index contributed by atoms with van der Waals surface area (Å²) in [7, 11) is -0.709. The predicted octanol–water partition coefficient (Wildman–Crippen LogP) is 1.99. The standard InChI is InChI=1S/C22H24N4O6S/c1-31-19-11-5-15(14-20(19)32-2)18-10-12-22(28)26(25-18)13-3-4-21(27)24-16-6-8-17(9-7-16)33(23,29)30/h5-12,14H,3-4,13H2,1-2H3,(H,24,27)(H2,23,29,30). The lowest BCUT2D eigenvalue weighted by Gasteiger charge is -2.11. The summed E-state index contributed by atoms with van der Waals surface area (Å²) in [4.78, 5) is 24.4. The van der Waals surface area contributed by atoms with Crippen molar-refractivity contribution in [1.82, 2.24) is 9.78 Å². The van der Waals surface area contributed by atoms with Crippen molar-refractivity contribution in [2.45, 2.75) is 24.3 Å². The number of nitrogens with zero attached hydrogens (tertiary/aromatic N) is 2. The van der Waals surface area contributed by atoms with Crippen LogP contribution < -0.4 is 25.5 Å². The summed E-state index contributed by atoms with van der Waals surface area (Å²) < 4.78 is 34.4. The van der Waals surface area contributed by atoms with E-state index in [1.165, 1.54) is 42.1 Å². The van der Waals surface area contributed by atoms with E-state index < -0.39 is 10.0 Å². The molecule has 0 spiro atoms. The number of anilines is 1. The second-order valence-electron chi connectivity index (χ2n) is 7.07. The molecule has 174 valence electrons. The van der Waals surface area contributed by atoms with E-state index in [9.17, 15) is 18.0 Å². The van der Waals surface area contributed by atoms with Gasteiger partial charge in [0.25, 0.3) is 5.56 Å². The third kappa shape index (κ3) is 6.18. The summed E-state index contributed by atoms with van der Waals surface area (Å²) >= 11 is 0. The summed E-state index contributed by atoms with van der Waals surface area (Å²) in [5.74, 6) is 0.852. The van der Waals surface area contributed by atoms with Crippen molar-refractivity contribution in [1.29, 1.82) is 0 Å². The van der Waals surface area contributed by atoms with Crippen molar-refractivity contribution < 1.29 is 22.7 Å². The van der Waals surface area contributed by atoms with Gasteiger partial charge in [-0.15, -0.1) is 0 Å². The second-order valence-corrected chi connectivity index (χ2v) is 8.63. The van der Waals surface area contributed by atoms with Crippen molar-refractivity contribution in [3.05, 3.63) is 65.0 Å². The Morgan fingerprint density at radius 2 is 1.73 bits per heavy atom. The molecule has 0 aliphatic rings. The number of nitrogens with two attached hydrogens (primary N) is 1. The molecule has 0 saturated carbocycles. The van der Waals surface area contributed by atoms with Crippen LogP contribution in [-0.2, 0) is 21.4 Å². The SMILES string of the molecule is COc1ccc(-c2ccc(=O)n(CCCC(=O)Nc3ccc(S(N)(=O)=O)cc3)n2)cc1OC. The molecule has 0 radical (unpaired) electrons. The number of aromatic nitrogens is 2. The van der Waals surface area contributed by atoms with Crippen molar-refractivity contribution in [3.8, 4) is 22.8 Å². The minimum atomic E-state index is -3.79. The molecule has 0 bridgehead atoms. The van der Waals surface area contributed by atoms with Gasteiger partial charge in [-0.3, -0.25) is 9.59 Å². The highest BCUT2D eigenvalue weighted by atomic mass is 32.2. The number of carbonyl (C=O) groups is 1. The first-order valence-corrected chi connectivity index (χ1v) is 11.5. The van der Waals surface area contributed by atoms with E-state index in [0.717, 1.165) is 5.56 Å². The highest BCUT2D eigenvalue weighted by molar-refractivity contribution is 7.89. The van der Waals surface area contributed by atoms with E-state index in [0.29, 0.717) is 29.3 Å². The van der Waals surface area contributed by atoms with Gasteiger partial charge in [-0.25, -0.2) is 18.2 Å². The van der Waals surface area contributed by atoms with Crippen molar-refractivity contribution in [3.63, 3.8) is 0 Å². The van der Waals surface area contributed by atoms with Gasteiger partial charge in [0.15, 0.2) is 11.5 Å². The Hall–Kier alpha value is -3.70. The molecular weight excluding hydrogens is 448 g/mol. The minimum absolute atomic E-state index is 0.0414. The Labute approximate surface area is 191 Å². The fourth-order valence-electron chi connectivity index (χ4n) is 3.10. The Morgan fingerprint density at radius 1 is 1.03 bits per heavy atom. The van der Waals surface area contributed by atoms with Crippen LogP contribution in [0.3, 0.4) is 0 Å². The summed E-state index contributed by atoms with van der Waals surface area (Å²) in [6.07, 6.45) is 0.523. The highest BCUT2D eigenvalue weighted by Gasteiger charge is 2.10. The van der Waals surface area contributed by atoms with Gasteiger partial charge in [0, 0.05) is 30.3 Å². The van der Waals surface area contributed by atoms with Gasteiger partial charge in [0.05, 0.1) is 24.8 Å². The maximum absolute atomic E-state index is 12.2. The van der Waals surface area contributed by atoms with Crippen molar-refractivity contribution >= 4 is 21.6 Å². The fourth-order valence-corrected chi connectivity index (χ4v) is 3.61. The molecule has 0 fully saturated rings. The molecular formula is C22H24N4O6S. The summed E-state index contributed by atoms with van der Waals surface area (Å²) in [5.41, 5.74) is 1.49. The number of aryl methyl sites for hydroxylation is 1. The number of primary sulfonamides is 1. The zero-order valence-electron chi connectivity index (χ0n) is 18.1. The number of carbonyl (C=O) groups excluding carboxylic acids is 1. The maximum atomic E-state index is 12.2. The van der Waals surface area contributed by atoms with Crippen LogP contribution in [-0.4, -0.2) is 38.3 Å². The lowest BCUT2D eigenvalue weighted by Crippen LogP contribution is -2.23. The Morgan fingerprint density at radius 3 is 2.36 bits per heavy atom. The van der Waals surface area contributed by atoms with Gasteiger partial charge in [-0.05, 0) is 55.0 Å². The van der Waals surface area contributed by atoms with Crippen LogP contribution >= 0.6 is 0 Å². The van der Waals surface area contributed by atoms with E-state index in [4.69, 9.17) is 14.6 Å². The van der Waals surface area contributed by atoms with Crippen molar-refractivity contribution in [2.24, 2.45) is 5.14 Å². The number of methoxy groups -OCH3 is 2. The molecule has 0 aliphatic heterocycles. The lowest BCUT2D eigenvalue weighted by molar-refractivity contribution is -0.116. The maximum Gasteiger partial charge on any atom is 0.266 e. The Balaban J connectivity index is 1.62. The molecule has 0 atom stereocenters. The number of hydrogen-bond acceptors (Lipinski definition) is 7. The molecule has 3 aromatic rings. The van der Waals surface area contributed by atoms with E-state index in [1.807, 2.05) is 6.07 Å². The minimum Gasteiger partial charge on any atom is -0.493 e. The zero-order valence-corrected chi connectivity index (χ0v) is 19.0. The van der Waals surface area contributed by atoms with Gasteiger partial charge in [0.2, 0.25) is 15.9 Å². The van der Waals surface area contributed by atoms with E-state index in [1.54, 1.807) is 25.3 Å². The molecule has 1 aromatic heterocycles. The zero-order chi connectivity index (χ0) is 24.0. The van der Waals surface area contributed by atoms with Crippen LogP contribution in [0, 0.1) is 0 Å². The van der Waals surface area contributed by atoms with Crippen LogP contribution in [0.4, 0.5) is 5.69 Å². The van der Waals surface area contributed by atoms with Crippen LogP contribution in [0.25, 0.3) is 11.3 Å². The first kappa shape index (κ1) is 24.0. The first-order chi connectivity index (χ1) is 15.7. The number of nitrogens with one attached hydrogen (secondary N) is 1. The van der Waals surface area contributed by atoms with Crippen LogP contribution in [0.1, 0.15) is 12.8 Å². The van der Waals surface area contributed by atoms with Crippen molar-refractivity contribution in [2.75, 3.05) is 19.5 Å². The fraction of sp³-hybridized carbons (Fsp3) is 0.227. The van der Waals surface area contributed by atoms with Gasteiger partial charge in [-0.1, -0.05) is 0 Å². The van der Waals surface area contributed by atoms with E-state index >= 15 is 0 Å². The third-order valence-corrected chi connectivity index (χ3v) is 5.72. The van der Waals surface area contributed by atoms with Gasteiger partial charge < -0.3 is 14.8 Å². The number of rotatable bonds is 9. The monoisotopic (exact) mass is 472 g/mol. The Kier molecular flexibility index (Phi) is 7.46. The van der Waals surface area contributed by atoms with Crippen LogP contribution in [0.15, 0.2) is 64.3 Å². The smallest absolute Gasteiger partial charge is 0.266 e. The number of benzene rings is 2. The molecule has 1 amide bonds. The molecule has 2 aromatic carbocycles. The quantitative estimate of drug-likeness (QED) is 0.485. The average Bonchev–Trinajstić information content (AvgIpc) is 2.79. The summed E-state index contributed by atoms with van der Waals surface area (Å²) in [5, 5.41) is 12.1. The third-order valence-electron chi connectivity index (χ3n) is 4.79. The number of amides is 1. The normalized spacial score (nSPS) is 11.1. The predicted molar refractivity (Wildman–Crippen MR) is 123 cm³/mol. The number of sulfonamides is 1. The summed E-state index contributed by atoms with van der Waals surface area (Å²) in [6.45, 7) is 0.248. The van der Waals surface area contributed by atoms with Gasteiger partial charge >= 0.3 is 0 Å². The molecule has 3 rings (SSSR count). The Bertz CT molecular complexity index is 1300. The molecule has 1 heterocycles. The topological polar surface area (TPSA) is 143 Å². The molecule has 10 nitrogen and oxygen atoms in total. The molecule has 0 saturated heterocycles. The molecule has 0 unspecified atom stereocenters. The summed E-state index contributed by atoms with van der Waals surface area (Å²) in [6, 6.07) is 13.9. The lowest BCUT2D eigenvalue weighted by atomic mass is 10.1. The second kappa shape index (κ2) is 10.3. The molecule has 0 aliphatic carbocycles. The van der Waals surface area contributed by atoms with Crippen LogP contribution in [0.5, 0.6) is 11.5 Å². The van der Waals surface area contributed by atoms with Gasteiger partial charge in [-0.2, -0.15) is 5.10 Å². The van der Waals surface area contributed by atoms with Crippen LogP contribution in [0.2, 0.25) is 0 Å².